The fourth-order valence-electron chi connectivity index (χ4n) is 5.97. The number of allylic oxidation sites excluding steroid dienone is 3. The first-order valence-electron chi connectivity index (χ1n) is 20.0. The molecule has 260 valence electrons. The Morgan fingerprint density at radius 3 is 1.18 bits per heavy atom. The minimum atomic E-state index is -0.566. The van der Waals surface area contributed by atoms with Crippen molar-refractivity contribution >= 4 is 5.91 Å². The molecule has 0 heterocycles. The van der Waals surface area contributed by atoms with Gasteiger partial charge in [0.15, 0.2) is 0 Å². The second-order valence-electron chi connectivity index (χ2n) is 13.6. The maximum absolute atomic E-state index is 12.1. The van der Waals surface area contributed by atoms with Gasteiger partial charge in [-0.2, -0.15) is 0 Å². The number of aliphatic hydroxyl groups is 1. The van der Waals surface area contributed by atoms with Crippen LogP contribution < -0.4 is 5.32 Å². The molecule has 2 N–H and O–H groups in total. The van der Waals surface area contributed by atoms with Crippen LogP contribution >= 0.6 is 0 Å². The fraction of sp³-hybridized carbons (Fsp3) is 0.878. The highest BCUT2D eigenvalue weighted by atomic mass is 16.3. The van der Waals surface area contributed by atoms with Crippen molar-refractivity contribution in [3.05, 3.63) is 24.3 Å². The molecular formula is C41H79NO2. The van der Waals surface area contributed by atoms with Gasteiger partial charge in [0.25, 0.3) is 0 Å². The lowest BCUT2D eigenvalue weighted by Crippen LogP contribution is -2.30. The van der Waals surface area contributed by atoms with Gasteiger partial charge in [-0.3, -0.25) is 4.79 Å². The highest BCUT2D eigenvalue weighted by Crippen LogP contribution is 2.14. The van der Waals surface area contributed by atoms with Crippen molar-refractivity contribution in [2.75, 3.05) is 6.54 Å². The van der Waals surface area contributed by atoms with Crippen LogP contribution in [-0.4, -0.2) is 23.7 Å². The van der Waals surface area contributed by atoms with Gasteiger partial charge in [-0.15, -0.1) is 0 Å². The zero-order valence-electron chi connectivity index (χ0n) is 30.1. The summed E-state index contributed by atoms with van der Waals surface area (Å²) in [6.07, 6.45) is 49.9. The molecule has 3 nitrogen and oxygen atoms in total. The standard InChI is InChI=1S/C41H79NO2/c1-3-5-7-9-11-13-15-17-18-19-20-21-22-23-24-26-28-30-32-34-36-38-41(44)42-39-40(43)37-35-33-31-29-27-25-16-14-12-10-8-6-4-2/h17-18,35,37,40,43H,3-16,19-34,36,38-39H2,1-2H3,(H,42,44)/b18-17+,37-35+. The number of hydrogen-bond donors (Lipinski definition) is 2. The third-order valence-electron chi connectivity index (χ3n) is 9.01. The summed E-state index contributed by atoms with van der Waals surface area (Å²) in [5, 5.41) is 13.0. The molecule has 0 aromatic rings. The molecule has 1 amide bonds. The third kappa shape index (κ3) is 37.1. The van der Waals surface area contributed by atoms with E-state index in [1.54, 1.807) is 0 Å². The Hall–Kier alpha value is -1.09. The normalized spacial score (nSPS) is 12.5. The third-order valence-corrected chi connectivity index (χ3v) is 9.01. The van der Waals surface area contributed by atoms with E-state index in [2.05, 4.69) is 37.4 Å². The zero-order chi connectivity index (χ0) is 32.0. The van der Waals surface area contributed by atoms with Crippen LogP contribution in [0.3, 0.4) is 0 Å². The lowest BCUT2D eigenvalue weighted by atomic mass is 10.0. The Balaban J connectivity index is 3.33. The molecule has 1 atom stereocenters. The van der Waals surface area contributed by atoms with E-state index in [1.165, 1.54) is 180 Å². The molecule has 0 saturated carbocycles. The van der Waals surface area contributed by atoms with Crippen LogP contribution in [0.5, 0.6) is 0 Å². The van der Waals surface area contributed by atoms with Crippen molar-refractivity contribution in [2.24, 2.45) is 0 Å². The lowest BCUT2D eigenvalue weighted by Gasteiger charge is -2.08. The summed E-state index contributed by atoms with van der Waals surface area (Å²) in [4.78, 5) is 12.1. The number of nitrogens with one attached hydrogen (secondary N) is 1. The SMILES string of the molecule is CCCCCCCC/C=C/CCCCCCCCCCCCCC(=O)NCC(O)/C=C/CCCCCCCCCCCCC. The van der Waals surface area contributed by atoms with Crippen LogP contribution in [0.4, 0.5) is 0 Å². The largest absolute Gasteiger partial charge is 0.387 e. The van der Waals surface area contributed by atoms with Crippen molar-refractivity contribution in [1.82, 2.24) is 5.32 Å². The fourth-order valence-corrected chi connectivity index (χ4v) is 5.97. The van der Waals surface area contributed by atoms with Crippen molar-refractivity contribution in [1.29, 1.82) is 0 Å². The predicted molar refractivity (Wildman–Crippen MR) is 196 cm³/mol. The van der Waals surface area contributed by atoms with E-state index in [0.717, 1.165) is 19.3 Å². The highest BCUT2D eigenvalue weighted by Gasteiger charge is 2.04. The van der Waals surface area contributed by atoms with Crippen LogP contribution in [0.25, 0.3) is 0 Å². The average molecular weight is 618 g/mol. The summed E-state index contributed by atoms with van der Waals surface area (Å²) in [5.74, 6) is 0.0797. The smallest absolute Gasteiger partial charge is 0.220 e. The second-order valence-corrected chi connectivity index (χ2v) is 13.6. The van der Waals surface area contributed by atoms with Crippen molar-refractivity contribution in [3.8, 4) is 0 Å². The molecule has 0 spiro atoms. The molecule has 0 saturated heterocycles. The number of unbranched alkanes of at least 4 members (excludes halogenated alkanes) is 28. The quantitative estimate of drug-likeness (QED) is 0.0543. The number of hydrogen-bond acceptors (Lipinski definition) is 2. The van der Waals surface area contributed by atoms with Gasteiger partial charge in [-0.1, -0.05) is 192 Å². The van der Waals surface area contributed by atoms with Crippen LogP contribution in [0.1, 0.15) is 219 Å². The molecule has 0 bridgehead atoms. The zero-order valence-corrected chi connectivity index (χ0v) is 30.1. The summed E-state index contributed by atoms with van der Waals surface area (Å²) in [7, 11) is 0. The van der Waals surface area contributed by atoms with Crippen molar-refractivity contribution in [2.45, 2.75) is 225 Å². The van der Waals surface area contributed by atoms with E-state index >= 15 is 0 Å². The number of carbonyl (C=O) groups is 1. The van der Waals surface area contributed by atoms with E-state index in [1.807, 2.05) is 6.08 Å². The summed E-state index contributed by atoms with van der Waals surface area (Å²) in [6, 6.07) is 0. The molecule has 3 heteroatoms. The molecular weight excluding hydrogens is 538 g/mol. The number of carbonyl (C=O) groups excluding carboxylic acids is 1. The number of rotatable bonds is 36. The topological polar surface area (TPSA) is 49.3 Å². The maximum atomic E-state index is 12.1. The van der Waals surface area contributed by atoms with E-state index in [4.69, 9.17) is 0 Å². The Bertz CT molecular complexity index is 614. The average Bonchev–Trinajstić information content (AvgIpc) is 3.03. The van der Waals surface area contributed by atoms with Gasteiger partial charge in [0.1, 0.15) is 0 Å². The minimum Gasteiger partial charge on any atom is -0.387 e. The summed E-state index contributed by atoms with van der Waals surface area (Å²) in [5.41, 5.74) is 0. The van der Waals surface area contributed by atoms with E-state index in [-0.39, 0.29) is 5.91 Å². The summed E-state index contributed by atoms with van der Waals surface area (Å²) in [6.45, 7) is 4.90. The Morgan fingerprint density at radius 2 is 0.795 bits per heavy atom. The Kier molecular flexibility index (Phi) is 37.2. The van der Waals surface area contributed by atoms with Gasteiger partial charge < -0.3 is 10.4 Å². The summed E-state index contributed by atoms with van der Waals surface area (Å²) < 4.78 is 0. The molecule has 0 aliphatic carbocycles. The second kappa shape index (κ2) is 38.1. The van der Waals surface area contributed by atoms with Crippen LogP contribution in [0.15, 0.2) is 24.3 Å². The Morgan fingerprint density at radius 1 is 0.477 bits per heavy atom. The molecule has 0 aromatic heterocycles. The van der Waals surface area contributed by atoms with Gasteiger partial charge in [0, 0.05) is 13.0 Å². The predicted octanol–water partition coefficient (Wildman–Crippen LogP) is 13.1. The molecule has 0 aliphatic heterocycles. The maximum Gasteiger partial charge on any atom is 0.220 e. The van der Waals surface area contributed by atoms with Crippen LogP contribution in [0.2, 0.25) is 0 Å². The molecule has 44 heavy (non-hydrogen) atoms. The molecule has 0 fully saturated rings. The molecule has 1 unspecified atom stereocenters. The molecule has 0 radical (unpaired) electrons. The van der Waals surface area contributed by atoms with E-state index in [0.29, 0.717) is 13.0 Å². The van der Waals surface area contributed by atoms with Gasteiger partial charge in [0.05, 0.1) is 6.10 Å². The van der Waals surface area contributed by atoms with Crippen LogP contribution in [0, 0.1) is 0 Å². The minimum absolute atomic E-state index is 0.0797. The first kappa shape index (κ1) is 42.9. The van der Waals surface area contributed by atoms with Gasteiger partial charge in [-0.05, 0) is 44.9 Å². The monoisotopic (exact) mass is 618 g/mol. The van der Waals surface area contributed by atoms with Gasteiger partial charge >= 0.3 is 0 Å². The van der Waals surface area contributed by atoms with E-state index in [9.17, 15) is 9.90 Å². The summed E-state index contributed by atoms with van der Waals surface area (Å²) >= 11 is 0. The van der Waals surface area contributed by atoms with E-state index < -0.39 is 6.10 Å². The highest BCUT2D eigenvalue weighted by molar-refractivity contribution is 5.75. The van der Waals surface area contributed by atoms with Crippen LogP contribution in [-0.2, 0) is 4.79 Å². The van der Waals surface area contributed by atoms with Gasteiger partial charge in [-0.25, -0.2) is 0 Å². The van der Waals surface area contributed by atoms with Crippen molar-refractivity contribution < 1.29 is 9.90 Å². The molecule has 0 rings (SSSR count). The number of aliphatic hydroxyl groups excluding tert-OH is 1. The lowest BCUT2D eigenvalue weighted by molar-refractivity contribution is -0.121. The Labute approximate surface area is 276 Å². The number of amides is 1. The molecule has 0 aromatic carbocycles. The van der Waals surface area contributed by atoms with Crippen molar-refractivity contribution in [3.63, 3.8) is 0 Å². The first-order valence-corrected chi connectivity index (χ1v) is 20.0. The molecule has 0 aliphatic rings. The van der Waals surface area contributed by atoms with Gasteiger partial charge in [0.2, 0.25) is 5.91 Å². The first-order chi connectivity index (χ1) is 21.7.